The van der Waals surface area contributed by atoms with Crippen molar-refractivity contribution in [3.05, 3.63) is 36.2 Å². The van der Waals surface area contributed by atoms with Gasteiger partial charge in [-0.2, -0.15) is 0 Å². The highest BCUT2D eigenvalue weighted by Gasteiger charge is 2.04. The summed E-state index contributed by atoms with van der Waals surface area (Å²) in [5.41, 5.74) is 0.405. The normalized spacial score (nSPS) is 10.2. The van der Waals surface area contributed by atoms with E-state index in [4.69, 9.17) is 5.11 Å². The highest BCUT2D eigenvalue weighted by molar-refractivity contribution is 5.99. The molecule has 0 saturated carbocycles. The number of carbonyl (C=O) groups is 2. The van der Waals surface area contributed by atoms with Gasteiger partial charge in [0.2, 0.25) is 5.91 Å². The van der Waals surface area contributed by atoms with Crippen LogP contribution in [0, 0.1) is 0 Å². The number of hydrogen-bond donors (Lipinski definition) is 2. The lowest BCUT2D eigenvalue weighted by atomic mass is 10.3. The highest BCUT2D eigenvalue weighted by atomic mass is 16.4. The molecular weight excluding hydrogens is 196 g/mol. The third-order valence-corrected chi connectivity index (χ3v) is 1.57. The van der Waals surface area contributed by atoms with Crippen LogP contribution in [0.4, 0.5) is 5.69 Å². The van der Waals surface area contributed by atoms with Crippen molar-refractivity contribution < 1.29 is 14.7 Å². The van der Waals surface area contributed by atoms with E-state index in [0.29, 0.717) is 5.69 Å². The van der Waals surface area contributed by atoms with Crippen molar-refractivity contribution in [1.29, 1.82) is 0 Å². The number of hydrogen-bond acceptors (Lipinski definition) is 3. The number of amides is 1. The molecule has 0 fully saturated rings. The van der Waals surface area contributed by atoms with E-state index in [0.717, 1.165) is 0 Å². The molecule has 15 heavy (non-hydrogen) atoms. The molecule has 1 aromatic heterocycles. The Morgan fingerprint density at radius 3 is 2.67 bits per heavy atom. The minimum atomic E-state index is -1.10. The Kier molecular flexibility index (Phi) is 3.56. The predicted molar refractivity (Wildman–Crippen MR) is 54.6 cm³/mol. The average molecular weight is 206 g/mol. The maximum Gasteiger partial charge on any atom is 0.354 e. The highest BCUT2D eigenvalue weighted by Crippen LogP contribution is 2.05. The fraction of sp³-hybridized carbons (Fsp3) is 0.100. The summed E-state index contributed by atoms with van der Waals surface area (Å²) in [4.78, 5) is 25.2. The topological polar surface area (TPSA) is 79.3 Å². The first-order valence-corrected chi connectivity index (χ1v) is 4.26. The van der Waals surface area contributed by atoms with Crippen molar-refractivity contribution in [3.63, 3.8) is 0 Å². The molecule has 1 rings (SSSR count). The van der Waals surface area contributed by atoms with E-state index in [1.165, 1.54) is 24.4 Å². The quantitative estimate of drug-likeness (QED) is 0.730. The van der Waals surface area contributed by atoms with E-state index in [1.807, 2.05) is 0 Å². The predicted octanol–water partition coefficient (Wildman–Crippen LogP) is 1.29. The Morgan fingerprint density at radius 1 is 1.47 bits per heavy atom. The van der Waals surface area contributed by atoms with E-state index < -0.39 is 5.97 Å². The SMILES string of the molecule is C/C=C/C(=O)Nc1ccc(C(=O)O)nc1. The lowest BCUT2D eigenvalue weighted by Gasteiger charge is -2.01. The zero-order valence-electron chi connectivity index (χ0n) is 8.10. The van der Waals surface area contributed by atoms with Crippen LogP contribution in [0.2, 0.25) is 0 Å². The van der Waals surface area contributed by atoms with Crippen molar-refractivity contribution in [2.45, 2.75) is 6.92 Å². The van der Waals surface area contributed by atoms with Crippen LogP contribution in [0.3, 0.4) is 0 Å². The first kappa shape index (κ1) is 10.9. The van der Waals surface area contributed by atoms with Crippen LogP contribution in [0.25, 0.3) is 0 Å². The number of aromatic nitrogens is 1. The number of carbonyl (C=O) groups excluding carboxylic acids is 1. The number of nitrogens with one attached hydrogen (secondary N) is 1. The van der Waals surface area contributed by atoms with Crippen LogP contribution in [0.5, 0.6) is 0 Å². The molecule has 0 aliphatic heterocycles. The average Bonchev–Trinajstić information content (AvgIpc) is 2.18. The Balaban J connectivity index is 2.72. The molecule has 2 N–H and O–H groups in total. The molecule has 0 aliphatic rings. The molecule has 5 heteroatoms. The summed E-state index contributed by atoms with van der Waals surface area (Å²) in [6.45, 7) is 1.73. The number of carboxylic acids is 1. The van der Waals surface area contributed by atoms with Crippen LogP contribution < -0.4 is 5.32 Å². The van der Waals surface area contributed by atoms with Gasteiger partial charge < -0.3 is 10.4 Å². The van der Waals surface area contributed by atoms with Crippen molar-refractivity contribution >= 4 is 17.6 Å². The zero-order valence-corrected chi connectivity index (χ0v) is 8.10. The molecule has 0 aromatic carbocycles. The summed E-state index contributed by atoms with van der Waals surface area (Å²) in [6.07, 6.45) is 4.27. The van der Waals surface area contributed by atoms with Crippen LogP contribution in [0.1, 0.15) is 17.4 Å². The summed E-state index contributed by atoms with van der Waals surface area (Å²) >= 11 is 0. The largest absolute Gasteiger partial charge is 0.477 e. The van der Waals surface area contributed by atoms with Crippen LogP contribution in [-0.2, 0) is 4.79 Å². The molecule has 0 atom stereocenters. The standard InChI is InChI=1S/C10H10N2O3/c1-2-3-9(13)12-7-4-5-8(10(14)15)11-6-7/h2-6H,1H3,(H,12,13)(H,14,15)/b3-2+. The minimum Gasteiger partial charge on any atom is -0.477 e. The number of nitrogens with zero attached hydrogens (tertiary/aromatic N) is 1. The number of carboxylic acid groups (broad SMARTS) is 1. The van der Waals surface area contributed by atoms with E-state index in [2.05, 4.69) is 10.3 Å². The van der Waals surface area contributed by atoms with Gasteiger partial charge in [0.25, 0.3) is 0 Å². The van der Waals surface area contributed by atoms with Crippen molar-refractivity contribution in [2.75, 3.05) is 5.32 Å². The van der Waals surface area contributed by atoms with Gasteiger partial charge >= 0.3 is 5.97 Å². The smallest absolute Gasteiger partial charge is 0.354 e. The summed E-state index contributed by atoms with van der Waals surface area (Å²) in [7, 11) is 0. The summed E-state index contributed by atoms with van der Waals surface area (Å²) in [5, 5.41) is 11.1. The summed E-state index contributed by atoms with van der Waals surface area (Å²) < 4.78 is 0. The minimum absolute atomic E-state index is 0.0565. The van der Waals surface area contributed by atoms with Crippen molar-refractivity contribution in [1.82, 2.24) is 4.98 Å². The molecule has 0 bridgehead atoms. The Morgan fingerprint density at radius 2 is 2.20 bits per heavy atom. The van der Waals surface area contributed by atoms with Gasteiger partial charge in [0.05, 0.1) is 11.9 Å². The van der Waals surface area contributed by atoms with E-state index in [-0.39, 0.29) is 11.6 Å². The Bertz CT molecular complexity index is 396. The molecule has 1 heterocycles. The fourth-order valence-corrected chi connectivity index (χ4v) is 0.930. The first-order valence-electron chi connectivity index (χ1n) is 4.26. The van der Waals surface area contributed by atoms with Crippen molar-refractivity contribution in [3.8, 4) is 0 Å². The molecule has 0 unspecified atom stereocenters. The van der Waals surface area contributed by atoms with Crippen LogP contribution >= 0.6 is 0 Å². The number of pyridine rings is 1. The van der Waals surface area contributed by atoms with Gasteiger partial charge in [0, 0.05) is 0 Å². The summed E-state index contributed by atoms with van der Waals surface area (Å²) in [5.74, 6) is -1.37. The second-order valence-electron chi connectivity index (χ2n) is 2.73. The van der Waals surface area contributed by atoms with Gasteiger partial charge in [0.1, 0.15) is 5.69 Å². The Hall–Kier alpha value is -2.17. The molecule has 1 amide bonds. The number of aromatic carboxylic acids is 1. The number of rotatable bonds is 3. The van der Waals surface area contributed by atoms with Gasteiger partial charge in [-0.05, 0) is 25.1 Å². The second kappa shape index (κ2) is 4.90. The molecule has 78 valence electrons. The van der Waals surface area contributed by atoms with Gasteiger partial charge in [-0.3, -0.25) is 4.79 Å². The fourth-order valence-electron chi connectivity index (χ4n) is 0.930. The Labute approximate surface area is 86.5 Å². The maximum absolute atomic E-state index is 11.1. The van der Waals surface area contributed by atoms with E-state index in [1.54, 1.807) is 13.0 Å². The molecule has 0 spiro atoms. The zero-order chi connectivity index (χ0) is 11.3. The second-order valence-corrected chi connectivity index (χ2v) is 2.73. The molecule has 0 radical (unpaired) electrons. The van der Waals surface area contributed by atoms with Gasteiger partial charge in [-0.1, -0.05) is 6.08 Å². The number of anilines is 1. The van der Waals surface area contributed by atoms with Crippen molar-refractivity contribution in [2.24, 2.45) is 0 Å². The molecule has 1 aromatic rings. The van der Waals surface area contributed by atoms with E-state index >= 15 is 0 Å². The van der Waals surface area contributed by atoms with E-state index in [9.17, 15) is 9.59 Å². The molecule has 0 saturated heterocycles. The lowest BCUT2D eigenvalue weighted by Crippen LogP contribution is -2.08. The lowest BCUT2D eigenvalue weighted by molar-refractivity contribution is -0.111. The molecular formula is C10H10N2O3. The maximum atomic E-state index is 11.1. The van der Waals surface area contributed by atoms with Gasteiger partial charge in [-0.25, -0.2) is 9.78 Å². The van der Waals surface area contributed by atoms with Gasteiger partial charge in [-0.15, -0.1) is 0 Å². The summed E-state index contributed by atoms with van der Waals surface area (Å²) in [6, 6.07) is 2.81. The third-order valence-electron chi connectivity index (χ3n) is 1.57. The van der Waals surface area contributed by atoms with Gasteiger partial charge in [0.15, 0.2) is 0 Å². The van der Waals surface area contributed by atoms with Crippen LogP contribution in [0.15, 0.2) is 30.5 Å². The van der Waals surface area contributed by atoms with Crippen LogP contribution in [-0.4, -0.2) is 22.0 Å². The molecule has 5 nitrogen and oxygen atoms in total. The molecule has 0 aliphatic carbocycles. The number of allylic oxidation sites excluding steroid dienone is 1. The monoisotopic (exact) mass is 206 g/mol. The first-order chi connectivity index (χ1) is 7.13. The third kappa shape index (κ3) is 3.22.